The van der Waals surface area contributed by atoms with Gasteiger partial charge < -0.3 is 5.11 Å². The minimum Gasteiger partial charge on any atom is -0.386 e. The zero-order chi connectivity index (χ0) is 13.2. The van der Waals surface area contributed by atoms with Crippen molar-refractivity contribution in [3.8, 4) is 0 Å². The van der Waals surface area contributed by atoms with E-state index < -0.39 is 0 Å². The third kappa shape index (κ3) is 1.75. The third-order valence-electron chi connectivity index (χ3n) is 5.86. The zero-order valence-electron chi connectivity index (χ0n) is 11.3. The number of aromatic nitrogens is 2. The number of aryl methyl sites for hydroxylation is 1. The van der Waals surface area contributed by atoms with Gasteiger partial charge in [0.2, 0.25) is 0 Å². The van der Waals surface area contributed by atoms with Crippen molar-refractivity contribution >= 4 is 15.9 Å². The average Bonchev–Trinajstić information content (AvgIpc) is 2.66. The van der Waals surface area contributed by atoms with Gasteiger partial charge in [0, 0.05) is 12.5 Å². The van der Waals surface area contributed by atoms with E-state index in [4.69, 9.17) is 0 Å². The van der Waals surface area contributed by atoms with E-state index in [0.29, 0.717) is 0 Å². The van der Waals surface area contributed by atoms with Gasteiger partial charge in [-0.1, -0.05) is 0 Å². The molecule has 3 nitrogen and oxygen atoms in total. The first kappa shape index (κ1) is 12.4. The van der Waals surface area contributed by atoms with Gasteiger partial charge in [0.25, 0.3) is 0 Å². The molecule has 0 radical (unpaired) electrons. The molecule has 4 heteroatoms. The van der Waals surface area contributed by atoms with E-state index in [9.17, 15) is 5.11 Å². The summed E-state index contributed by atoms with van der Waals surface area (Å²) in [6, 6.07) is 0. The second kappa shape index (κ2) is 4.08. The van der Waals surface area contributed by atoms with Gasteiger partial charge in [-0.05, 0) is 72.2 Å². The molecule has 1 heterocycles. The monoisotopic (exact) mass is 324 g/mol. The molecule has 4 aliphatic carbocycles. The highest BCUT2D eigenvalue weighted by molar-refractivity contribution is 9.10. The van der Waals surface area contributed by atoms with Crippen LogP contribution in [0.2, 0.25) is 0 Å². The summed E-state index contributed by atoms with van der Waals surface area (Å²) in [5.41, 5.74) is 1.10. The first-order valence-electron chi connectivity index (χ1n) is 7.43. The van der Waals surface area contributed by atoms with Crippen molar-refractivity contribution in [3.05, 3.63) is 16.4 Å². The van der Waals surface area contributed by atoms with Crippen molar-refractivity contribution < 1.29 is 5.11 Å². The maximum Gasteiger partial charge on any atom is 0.102 e. The molecule has 4 fully saturated rings. The van der Waals surface area contributed by atoms with Gasteiger partial charge in [0.15, 0.2) is 0 Å². The Bertz CT molecular complexity index is 455. The quantitative estimate of drug-likeness (QED) is 0.905. The van der Waals surface area contributed by atoms with Crippen LogP contribution in [0.3, 0.4) is 0 Å². The summed E-state index contributed by atoms with van der Waals surface area (Å²) in [4.78, 5) is 0. The topological polar surface area (TPSA) is 38.0 Å². The molecule has 4 aliphatic rings. The van der Waals surface area contributed by atoms with Crippen molar-refractivity contribution in [2.45, 2.75) is 44.6 Å². The Morgan fingerprint density at radius 3 is 2.21 bits per heavy atom. The van der Waals surface area contributed by atoms with Gasteiger partial charge in [-0.2, -0.15) is 5.10 Å². The maximum atomic E-state index is 11.0. The lowest BCUT2D eigenvalue weighted by Crippen LogP contribution is -2.49. The summed E-state index contributed by atoms with van der Waals surface area (Å²) in [5, 5.41) is 15.3. The van der Waals surface area contributed by atoms with Gasteiger partial charge in [-0.3, -0.25) is 4.68 Å². The van der Waals surface area contributed by atoms with Crippen LogP contribution in [0, 0.1) is 23.2 Å². The largest absolute Gasteiger partial charge is 0.386 e. The number of aliphatic hydroxyl groups is 1. The smallest absolute Gasteiger partial charge is 0.102 e. The summed E-state index contributed by atoms with van der Waals surface area (Å²) >= 11 is 3.55. The second-order valence-electron chi connectivity index (χ2n) is 7.18. The molecule has 1 unspecified atom stereocenters. The predicted molar refractivity (Wildman–Crippen MR) is 76.5 cm³/mol. The summed E-state index contributed by atoms with van der Waals surface area (Å²) in [6.45, 7) is 0. The van der Waals surface area contributed by atoms with Crippen molar-refractivity contribution in [3.63, 3.8) is 0 Å². The minimum absolute atomic E-state index is 0.130. The van der Waals surface area contributed by atoms with Crippen LogP contribution in [0.5, 0.6) is 0 Å². The van der Waals surface area contributed by atoms with Crippen LogP contribution in [0.25, 0.3) is 0 Å². The van der Waals surface area contributed by atoms with Crippen LogP contribution in [-0.4, -0.2) is 14.9 Å². The molecule has 1 N–H and O–H groups in total. The van der Waals surface area contributed by atoms with Crippen LogP contribution in [0.15, 0.2) is 10.7 Å². The molecule has 0 spiro atoms. The highest BCUT2D eigenvalue weighted by atomic mass is 79.9. The highest BCUT2D eigenvalue weighted by Gasteiger charge is 2.55. The molecule has 4 saturated carbocycles. The summed E-state index contributed by atoms with van der Waals surface area (Å²) in [5.74, 6) is 2.61. The van der Waals surface area contributed by atoms with Crippen molar-refractivity contribution in [2.24, 2.45) is 30.2 Å². The lowest BCUT2D eigenvalue weighted by Gasteiger charge is -2.58. The fourth-order valence-electron chi connectivity index (χ4n) is 5.53. The van der Waals surface area contributed by atoms with Crippen molar-refractivity contribution in [1.82, 2.24) is 9.78 Å². The van der Waals surface area contributed by atoms with Gasteiger partial charge >= 0.3 is 0 Å². The Labute approximate surface area is 122 Å². The summed E-state index contributed by atoms with van der Waals surface area (Å²) in [7, 11) is 1.93. The second-order valence-corrected chi connectivity index (χ2v) is 8.04. The molecule has 1 aromatic heterocycles. The van der Waals surface area contributed by atoms with E-state index in [0.717, 1.165) is 27.9 Å². The molecule has 0 saturated heterocycles. The number of nitrogens with zero attached hydrogens (tertiary/aromatic N) is 2. The van der Waals surface area contributed by atoms with Gasteiger partial charge in [0.05, 0.1) is 16.4 Å². The van der Waals surface area contributed by atoms with E-state index in [2.05, 4.69) is 21.0 Å². The van der Waals surface area contributed by atoms with Crippen LogP contribution in [-0.2, 0) is 7.05 Å². The van der Waals surface area contributed by atoms with E-state index >= 15 is 0 Å². The maximum absolute atomic E-state index is 11.0. The van der Waals surface area contributed by atoms with E-state index in [-0.39, 0.29) is 11.5 Å². The molecule has 0 aliphatic heterocycles. The minimum atomic E-state index is -0.359. The molecule has 1 atom stereocenters. The van der Waals surface area contributed by atoms with Gasteiger partial charge in [0.1, 0.15) is 6.10 Å². The Morgan fingerprint density at radius 1 is 1.26 bits per heavy atom. The average molecular weight is 325 g/mol. The first-order chi connectivity index (χ1) is 9.07. The lowest BCUT2D eigenvalue weighted by atomic mass is 9.48. The van der Waals surface area contributed by atoms with Crippen LogP contribution < -0.4 is 0 Å². The van der Waals surface area contributed by atoms with Crippen molar-refractivity contribution in [1.29, 1.82) is 0 Å². The molecule has 5 rings (SSSR count). The molecule has 0 aromatic carbocycles. The molecular weight excluding hydrogens is 304 g/mol. The normalized spacial score (nSPS) is 41.7. The third-order valence-corrected chi connectivity index (χ3v) is 6.47. The number of aliphatic hydroxyl groups excluding tert-OH is 1. The SMILES string of the molecule is Cn1ncc(Br)c1C(O)C12CC3CC(CC(C3)C1)C2. The lowest BCUT2D eigenvalue weighted by molar-refractivity contribution is -0.124. The van der Waals surface area contributed by atoms with Crippen molar-refractivity contribution in [2.75, 3.05) is 0 Å². The zero-order valence-corrected chi connectivity index (χ0v) is 12.9. The Hall–Kier alpha value is -0.350. The highest BCUT2D eigenvalue weighted by Crippen LogP contribution is 2.64. The fraction of sp³-hybridized carbons (Fsp3) is 0.800. The van der Waals surface area contributed by atoms with Crippen LogP contribution in [0.1, 0.15) is 50.3 Å². The summed E-state index contributed by atoms with van der Waals surface area (Å²) < 4.78 is 2.80. The molecular formula is C15H21BrN2O. The Kier molecular flexibility index (Phi) is 2.66. The summed E-state index contributed by atoms with van der Waals surface area (Å²) in [6.07, 6.45) is 9.35. The molecule has 1 aromatic rings. The van der Waals surface area contributed by atoms with E-state index in [1.807, 2.05) is 11.7 Å². The molecule has 4 bridgehead atoms. The van der Waals surface area contributed by atoms with Gasteiger partial charge in [-0.15, -0.1) is 0 Å². The standard InChI is InChI=1S/C15H21BrN2O/c1-18-13(12(16)8-17-18)14(19)15-5-9-2-10(6-15)4-11(3-9)7-15/h8-11,14,19H,2-7H2,1H3. The number of hydrogen-bond acceptors (Lipinski definition) is 2. The number of halogens is 1. The van der Waals surface area contributed by atoms with E-state index in [1.165, 1.54) is 38.5 Å². The predicted octanol–water partition coefficient (Wildman–Crippen LogP) is 3.43. The molecule has 19 heavy (non-hydrogen) atoms. The number of hydrogen-bond donors (Lipinski definition) is 1. The molecule has 0 amide bonds. The van der Waals surface area contributed by atoms with E-state index in [1.54, 1.807) is 6.20 Å². The van der Waals surface area contributed by atoms with Crippen LogP contribution >= 0.6 is 15.9 Å². The fourth-order valence-corrected chi connectivity index (χ4v) is 6.10. The molecule has 104 valence electrons. The van der Waals surface area contributed by atoms with Crippen LogP contribution in [0.4, 0.5) is 0 Å². The number of rotatable bonds is 2. The first-order valence-corrected chi connectivity index (χ1v) is 8.22. The Balaban J connectivity index is 1.72. The van der Waals surface area contributed by atoms with Gasteiger partial charge in [-0.25, -0.2) is 0 Å². The Morgan fingerprint density at radius 2 is 1.79 bits per heavy atom.